The van der Waals surface area contributed by atoms with Crippen molar-refractivity contribution in [2.24, 2.45) is 0 Å². The fourth-order valence-electron chi connectivity index (χ4n) is 2.34. The molecule has 1 aliphatic rings. The number of hydrogen-bond acceptors (Lipinski definition) is 4. The van der Waals surface area contributed by atoms with Gasteiger partial charge in [-0.1, -0.05) is 12.8 Å². The molecule has 0 saturated heterocycles. The molecule has 0 aromatic carbocycles. The predicted molar refractivity (Wildman–Crippen MR) is 70.8 cm³/mol. The van der Waals surface area contributed by atoms with Crippen LogP contribution in [0.3, 0.4) is 0 Å². The van der Waals surface area contributed by atoms with Gasteiger partial charge in [-0.25, -0.2) is 8.42 Å². The Bertz CT molecular complexity index is 551. The number of sulfonamides is 1. The fraction of sp³-hybridized carbons (Fsp3) is 0.583. The maximum atomic E-state index is 12.5. The van der Waals surface area contributed by atoms with Crippen molar-refractivity contribution in [3.8, 4) is 6.07 Å². The second kappa shape index (κ2) is 5.39. The number of nitrogens with zero attached hydrogens (tertiary/aromatic N) is 2. The summed E-state index contributed by atoms with van der Waals surface area (Å²) < 4.78 is 26.7. The zero-order valence-corrected chi connectivity index (χ0v) is 11.9. The third-order valence-electron chi connectivity index (χ3n) is 3.24. The summed E-state index contributed by atoms with van der Waals surface area (Å²) in [5.41, 5.74) is 0. The highest BCUT2D eigenvalue weighted by atomic mass is 32.2. The van der Waals surface area contributed by atoms with E-state index in [0.29, 0.717) is 4.21 Å². The van der Waals surface area contributed by atoms with E-state index in [0.717, 1.165) is 30.6 Å². The topological polar surface area (TPSA) is 61.2 Å². The van der Waals surface area contributed by atoms with E-state index in [2.05, 4.69) is 0 Å². The molecular weight excluding hydrogens is 268 g/mol. The van der Waals surface area contributed by atoms with Crippen LogP contribution in [0.25, 0.3) is 0 Å². The van der Waals surface area contributed by atoms with Crippen molar-refractivity contribution in [1.29, 1.82) is 5.26 Å². The lowest BCUT2D eigenvalue weighted by atomic mass is 10.2. The molecule has 1 aromatic rings. The number of nitriles is 1. The maximum absolute atomic E-state index is 12.5. The minimum atomic E-state index is -3.50. The number of aryl methyl sites for hydroxylation is 1. The SMILES string of the molecule is Cc1ccc(S(=O)(=O)N(CC#N)C2CCCC2)s1. The summed E-state index contributed by atoms with van der Waals surface area (Å²) in [6.07, 6.45) is 3.83. The van der Waals surface area contributed by atoms with Crippen molar-refractivity contribution in [2.45, 2.75) is 42.9 Å². The Hall–Kier alpha value is -0.900. The van der Waals surface area contributed by atoms with E-state index in [1.54, 1.807) is 12.1 Å². The van der Waals surface area contributed by atoms with Crippen molar-refractivity contribution in [3.05, 3.63) is 17.0 Å². The Kier molecular flexibility index (Phi) is 4.05. The van der Waals surface area contributed by atoms with Gasteiger partial charge in [0.15, 0.2) is 0 Å². The van der Waals surface area contributed by atoms with Crippen molar-refractivity contribution < 1.29 is 8.42 Å². The number of hydrogen-bond donors (Lipinski definition) is 0. The Morgan fingerprint density at radius 3 is 2.61 bits per heavy atom. The molecule has 0 amide bonds. The Morgan fingerprint density at radius 2 is 2.11 bits per heavy atom. The molecular formula is C12H16N2O2S2. The molecule has 0 atom stereocenters. The second-order valence-corrected chi connectivity index (χ2v) is 7.92. The zero-order chi connectivity index (χ0) is 13.2. The van der Waals surface area contributed by atoms with E-state index in [-0.39, 0.29) is 12.6 Å². The first kappa shape index (κ1) is 13.5. The van der Waals surface area contributed by atoms with Gasteiger partial charge in [0, 0.05) is 10.9 Å². The summed E-state index contributed by atoms with van der Waals surface area (Å²) in [7, 11) is -3.50. The zero-order valence-electron chi connectivity index (χ0n) is 10.3. The molecule has 1 fully saturated rings. The van der Waals surface area contributed by atoms with Crippen LogP contribution in [0, 0.1) is 18.3 Å². The first-order chi connectivity index (χ1) is 8.55. The Morgan fingerprint density at radius 1 is 1.44 bits per heavy atom. The van der Waals surface area contributed by atoms with Crippen molar-refractivity contribution in [1.82, 2.24) is 4.31 Å². The molecule has 2 rings (SSSR count). The van der Waals surface area contributed by atoms with Gasteiger partial charge in [-0.2, -0.15) is 9.57 Å². The third kappa shape index (κ3) is 2.58. The molecule has 0 radical (unpaired) electrons. The minimum Gasteiger partial charge on any atom is -0.206 e. The summed E-state index contributed by atoms with van der Waals surface area (Å²) >= 11 is 1.27. The van der Waals surface area contributed by atoms with Gasteiger partial charge in [0.2, 0.25) is 0 Å². The van der Waals surface area contributed by atoms with Crippen LogP contribution in [-0.2, 0) is 10.0 Å². The minimum absolute atomic E-state index is 0.00273. The van der Waals surface area contributed by atoms with Crippen LogP contribution in [-0.4, -0.2) is 25.3 Å². The van der Waals surface area contributed by atoms with Gasteiger partial charge in [0.25, 0.3) is 10.0 Å². The van der Waals surface area contributed by atoms with Crippen LogP contribution in [0.2, 0.25) is 0 Å². The van der Waals surface area contributed by atoms with Crippen LogP contribution < -0.4 is 0 Å². The average Bonchev–Trinajstić information content (AvgIpc) is 2.96. The lowest BCUT2D eigenvalue weighted by molar-refractivity contribution is 0.351. The smallest absolute Gasteiger partial charge is 0.206 e. The molecule has 6 heteroatoms. The lowest BCUT2D eigenvalue weighted by Gasteiger charge is -2.24. The quantitative estimate of drug-likeness (QED) is 0.798. The van der Waals surface area contributed by atoms with Crippen LogP contribution in [0.4, 0.5) is 0 Å². The molecule has 98 valence electrons. The van der Waals surface area contributed by atoms with Crippen LogP contribution in [0.1, 0.15) is 30.6 Å². The van der Waals surface area contributed by atoms with Gasteiger partial charge in [0.1, 0.15) is 10.8 Å². The summed E-state index contributed by atoms with van der Waals surface area (Å²) in [5.74, 6) is 0. The Balaban J connectivity index is 2.32. The molecule has 0 unspecified atom stereocenters. The number of rotatable bonds is 4. The van der Waals surface area contributed by atoms with Gasteiger partial charge in [0.05, 0.1) is 6.07 Å². The first-order valence-corrected chi connectivity index (χ1v) is 8.26. The summed E-state index contributed by atoms with van der Waals surface area (Å²) in [4.78, 5) is 0.969. The summed E-state index contributed by atoms with van der Waals surface area (Å²) in [6.45, 7) is 1.83. The Labute approximate surface area is 112 Å². The van der Waals surface area contributed by atoms with E-state index < -0.39 is 10.0 Å². The lowest BCUT2D eigenvalue weighted by Crippen LogP contribution is -2.38. The van der Waals surface area contributed by atoms with Crippen LogP contribution >= 0.6 is 11.3 Å². The molecule has 0 N–H and O–H groups in total. The van der Waals surface area contributed by atoms with E-state index in [9.17, 15) is 8.42 Å². The molecule has 18 heavy (non-hydrogen) atoms. The largest absolute Gasteiger partial charge is 0.253 e. The van der Waals surface area contributed by atoms with Crippen molar-refractivity contribution in [2.75, 3.05) is 6.54 Å². The molecule has 0 bridgehead atoms. The molecule has 1 saturated carbocycles. The van der Waals surface area contributed by atoms with E-state index in [1.807, 2.05) is 13.0 Å². The molecule has 1 aromatic heterocycles. The van der Waals surface area contributed by atoms with E-state index >= 15 is 0 Å². The highest BCUT2D eigenvalue weighted by Gasteiger charge is 2.33. The van der Waals surface area contributed by atoms with Gasteiger partial charge >= 0.3 is 0 Å². The molecule has 4 nitrogen and oxygen atoms in total. The van der Waals surface area contributed by atoms with Gasteiger partial charge in [-0.15, -0.1) is 11.3 Å². The molecule has 0 aliphatic heterocycles. The normalized spacial score (nSPS) is 17.2. The van der Waals surface area contributed by atoms with Gasteiger partial charge in [-0.05, 0) is 31.9 Å². The van der Waals surface area contributed by atoms with Crippen molar-refractivity contribution >= 4 is 21.4 Å². The third-order valence-corrected chi connectivity index (χ3v) is 6.60. The molecule has 1 heterocycles. The average molecular weight is 284 g/mol. The first-order valence-electron chi connectivity index (χ1n) is 6.01. The van der Waals surface area contributed by atoms with Crippen molar-refractivity contribution in [3.63, 3.8) is 0 Å². The van der Waals surface area contributed by atoms with E-state index in [4.69, 9.17) is 5.26 Å². The van der Waals surface area contributed by atoms with Gasteiger partial charge < -0.3 is 0 Å². The van der Waals surface area contributed by atoms with Crippen LogP contribution in [0.15, 0.2) is 16.3 Å². The predicted octanol–water partition coefficient (Wildman–Crippen LogP) is 2.51. The second-order valence-electron chi connectivity index (χ2n) is 4.51. The highest BCUT2D eigenvalue weighted by molar-refractivity contribution is 7.91. The van der Waals surface area contributed by atoms with Crippen LogP contribution in [0.5, 0.6) is 0 Å². The molecule has 0 spiro atoms. The summed E-state index contributed by atoms with van der Waals surface area (Å²) in [6, 6.07) is 5.41. The fourth-order valence-corrected chi connectivity index (χ4v) is 5.33. The van der Waals surface area contributed by atoms with E-state index in [1.165, 1.54) is 15.6 Å². The highest BCUT2D eigenvalue weighted by Crippen LogP contribution is 2.31. The maximum Gasteiger partial charge on any atom is 0.253 e. The van der Waals surface area contributed by atoms with Gasteiger partial charge in [-0.3, -0.25) is 0 Å². The number of thiophene rings is 1. The monoisotopic (exact) mass is 284 g/mol. The summed E-state index contributed by atoms with van der Waals surface area (Å²) in [5, 5.41) is 8.86. The molecule has 1 aliphatic carbocycles. The standard InChI is InChI=1S/C12H16N2O2S2/c1-10-6-7-12(17-10)18(15,16)14(9-8-13)11-4-2-3-5-11/h6-7,11H,2-5,9H2,1H3.